The molecule has 0 saturated carbocycles. The van der Waals surface area contributed by atoms with Crippen LogP contribution in [-0.4, -0.2) is 48.3 Å². The SMILES string of the molecule is Cc1ccc(F)cc1COc1ccc(S(=O)(=O)N2CC(=O)NC(C)C2C(=O)O)cc1. The molecule has 1 aliphatic rings. The molecule has 1 aliphatic heterocycles. The number of amides is 1. The van der Waals surface area contributed by atoms with E-state index in [9.17, 15) is 27.5 Å². The topological polar surface area (TPSA) is 113 Å². The van der Waals surface area contributed by atoms with Crippen LogP contribution in [-0.2, 0) is 26.2 Å². The maximum Gasteiger partial charge on any atom is 0.324 e. The second-order valence-electron chi connectivity index (χ2n) is 7.02. The van der Waals surface area contributed by atoms with Crippen molar-refractivity contribution in [2.45, 2.75) is 37.4 Å². The van der Waals surface area contributed by atoms with Crippen molar-refractivity contribution in [1.29, 1.82) is 0 Å². The van der Waals surface area contributed by atoms with Gasteiger partial charge >= 0.3 is 5.97 Å². The highest BCUT2D eigenvalue weighted by Crippen LogP contribution is 2.25. The summed E-state index contributed by atoms with van der Waals surface area (Å²) in [5, 5.41) is 11.9. The predicted molar refractivity (Wildman–Crippen MR) is 105 cm³/mol. The van der Waals surface area contributed by atoms with Crippen LogP contribution in [0.5, 0.6) is 5.75 Å². The highest BCUT2D eigenvalue weighted by Gasteiger charge is 2.44. The Kier molecular flexibility index (Phi) is 6.09. The van der Waals surface area contributed by atoms with Gasteiger partial charge < -0.3 is 15.2 Å². The molecule has 10 heteroatoms. The fraction of sp³-hybridized carbons (Fsp3) is 0.300. The minimum atomic E-state index is -4.23. The largest absolute Gasteiger partial charge is 0.489 e. The summed E-state index contributed by atoms with van der Waals surface area (Å²) in [6.45, 7) is 2.77. The number of aliphatic carboxylic acids is 1. The summed E-state index contributed by atoms with van der Waals surface area (Å²) in [6, 6.07) is 7.45. The lowest BCUT2D eigenvalue weighted by molar-refractivity contribution is -0.144. The van der Waals surface area contributed by atoms with Crippen LogP contribution in [0.25, 0.3) is 0 Å². The molecule has 2 N–H and O–H groups in total. The maximum absolute atomic E-state index is 13.4. The number of halogens is 1. The minimum absolute atomic E-state index is 0.0978. The van der Waals surface area contributed by atoms with Crippen LogP contribution in [0.4, 0.5) is 4.39 Å². The molecule has 1 saturated heterocycles. The van der Waals surface area contributed by atoms with Gasteiger partial charge in [0.25, 0.3) is 0 Å². The van der Waals surface area contributed by atoms with Gasteiger partial charge in [0, 0.05) is 0 Å². The number of rotatable bonds is 6. The van der Waals surface area contributed by atoms with Gasteiger partial charge in [-0.1, -0.05) is 6.07 Å². The molecule has 0 bridgehead atoms. The van der Waals surface area contributed by atoms with E-state index in [0.717, 1.165) is 5.56 Å². The van der Waals surface area contributed by atoms with Crippen LogP contribution in [0.2, 0.25) is 0 Å². The quantitative estimate of drug-likeness (QED) is 0.712. The standard InChI is InChI=1S/C20H21FN2O6S/c1-12-3-4-15(21)9-14(12)11-29-16-5-7-17(8-6-16)30(27,28)23-10-18(24)22-13(2)19(23)20(25)26/h3-9,13,19H,10-11H2,1-2H3,(H,22,24)(H,25,26). The van der Waals surface area contributed by atoms with Gasteiger partial charge in [0.15, 0.2) is 0 Å². The van der Waals surface area contributed by atoms with Crippen molar-refractivity contribution in [1.82, 2.24) is 9.62 Å². The average Bonchev–Trinajstić information content (AvgIpc) is 2.68. The number of nitrogens with one attached hydrogen (secondary N) is 1. The molecule has 2 unspecified atom stereocenters. The van der Waals surface area contributed by atoms with Gasteiger partial charge in [0.1, 0.15) is 24.2 Å². The summed E-state index contributed by atoms with van der Waals surface area (Å²) in [5.74, 6) is -1.95. The van der Waals surface area contributed by atoms with Crippen molar-refractivity contribution in [3.8, 4) is 5.75 Å². The first-order valence-electron chi connectivity index (χ1n) is 9.11. The summed E-state index contributed by atoms with van der Waals surface area (Å²) >= 11 is 0. The summed E-state index contributed by atoms with van der Waals surface area (Å²) in [5.41, 5.74) is 1.51. The van der Waals surface area contributed by atoms with E-state index in [1.807, 2.05) is 6.92 Å². The molecular weight excluding hydrogens is 415 g/mol. The predicted octanol–water partition coefficient (Wildman–Crippen LogP) is 1.68. The van der Waals surface area contributed by atoms with Crippen LogP contribution >= 0.6 is 0 Å². The molecule has 160 valence electrons. The molecule has 1 heterocycles. The van der Waals surface area contributed by atoms with Crippen molar-refractivity contribution < 1.29 is 32.2 Å². The number of nitrogens with zero attached hydrogens (tertiary/aromatic N) is 1. The van der Waals surface area contributed by atoms with Gasteiger partial charge in [-0.05, 0) is 61.4 Å². The van der Waals surface area contributed by atoms with E-state index in [2.05, 4.69) is 5.32 Å². The third-order valence-corrected chi connectivity index (χ3v) is 6.70. The number of benzene rings is 2. The Morgan fingerprint density at radius 3 is 2.57 bits per heavy atom. The molecule has 1 fully saturated rings. The van der Waals surface area contributed by atoms with Gasteiger partial charge in [-0.15, -0.1) is 0 Å². The van der Waals surface area contributed by atoms with Crippen LogP contribution in [0.15, 0.2) is 47.4 Å². The normalized spacial score (nSPS) is 19.9. The molecule has 2 aromatic rings. The van der Waals surface area contributed by atoms with Gasteiger partial charge in [-0.3, -0.25) is 9.59 Å². The second kappa shape index (κ2) is 8.41. The Hall–Kier alpha value is -2.98. The Balaban J connectivity index is 1.79. The molecule has 0 aromatic heterocycles. The van der Waals surface area contributed by atoms with Crippen molar-refractivity contribution in [2.75, 3.05) is 6.54 Å². The zero-order valence-corrected chi connectivity index (χ0v) is 17.1. The van der Waals surface area contributed by atoms with Gasteiger partial charge in [-0.2, -0.15) is 4.31 Å². The smallest absolute Gasteiger partial charge is 0.324 e. The van der Waals surface area contributed by atoms with Crippen molar-refractivity contribution in [3.05, 3.63) is 59.4 Å². The summed E-state index contributed by atoms with van der Waals surface area (Å²) in [7, 11) is -4.23. The number of sulfonamides is 1. The van der Waals surface area contributed by atoms with Crippen molar-refractivity contribution in [3.63, 3.8) is 0 Å². The molecule has 0 radical (unpaired) electrons. The van der Waals surface area contributed by atoms with Gasteiger partial charge in [-0.25, -0.2) is 12.8 Å². The van der Waals surface area contributed by atoms with Crippen LogP contribution in [0, 0.1) is 12.7 Å². The average molecular weight is 436 g/mol. The van der Waals surface area contributed by atoms with E-state index in [4.69, 9.17) is 4.74 Å². The Morgan fingerprint density at radius 1 is 1.27 bits per heavy atom. The number of carbonyl (C=O) groups is 2. The first-order chi connectivity index (χ1) is 14.1. The molecule has 3 rings (SSSR count). The Morgan fingerprint density at radius 2 is 1.93 bits per heavy atom. The van der Waals surface area contributed by atoms with E-state index in [0.29, 0.717) is 15.6 Å². The molecule has 0 aliphatic carbocycles. The number of hydrogen-bond acceptors (Lipinski definition) is 5. The fourth-order valence-electron chi connectivity index (χ4n) is 3.24. The van der Waals surface area contributed by atoms with E-state index in [1.165, 1.54) is 43.3 Å². The Labute approximate surface area is 173 Å². The van der Waals surface area contributed by atoms with Gasteiger partial charge in [0.2, 0.25) is 15.9 Å². The molecule has 2 aromatic carbocycles. The van der Waals surface area contributed by atoms with Crippen LogP contribution < -0.4 is 10.1 Å². The van der Waals surface area contributed by atoms with Crippen LogP contribution in [0.1, 0.15) is 18.1 Å². The Bertz CT molecular complexity index is 1070. The summed E-state index contributed by atoms with van der Waals surface area (Å²) in [4.78, 5) is 23.2. The number of carbonyl (C=O) groups excluding carboxylic acids is 1. The highest BCUT2D eigenvalue weighted by molar-refractivity contribution is 7.89. The molecule has 30 heavy (non-hydrogen) atoms. The lowest BCUT2D eigenvalue weighted by atomic mass is 10.1. The summed E-state index contributed by atoms with van der Waals surface area (Å²) in [6.07, 6.45) is 0. The number of ether oxygens (including phenoxy) is 1. The first-order valence-corrected chi connectivity index (χ1v) is 10.6. The lowest BCUT2D eigenvalue weighted by Crippen LogP contribution is -2.63. The third kappa shape index (κ3) is 4.44. The first kappa shape index (κ1) is 21.7. The number of piperazine rings is 1. The zero-order chi connectivity index (χ0) is 22.1. The zero-order valence-electron chi connectivity index (χ0n) is 16.3. The fourth-order valence-corrected chi connectivity index (χ4v) is 4.85. The molecule has 1 amide bonds. The number of carboxylic acid groups (broad SMARTS) is 1. The lowest BCUT2D eigenvalue weighted by Gasteiger charge is -2.36. The number of hydrogen-bond donors (Lipinski definition) is 2. The van der Waals surface area contributed by atoms with Crippen molar-refractivity contribution >= 4 is 21.9 Å². The van der Waals surface area contributed by atoms with E-state index in [-0.39, 0.29) is 17.3 Å². The monoisotopic (exact) mass is 436 g/mol. The highest BCUT2D eigenvalue weighted by atomic mass is 32.2. The second-order valence-corrected chi connectivity index (χ2v) is 8.91. The van der Waals surface area contributed by atoms with E-state index >= 15 is 0 Å². The van der Waals surface area contributed by atoms with Crippen molar-refractivity contribution in [2.24, 2.45) is 0 Å². The third-order valence-electron chi connectivity index (χ3n) is 4.86. The maximum atomic E-state index is 13.4. The molecule has 2 atom stereocenters. The molecule has 8 nitrogen and oxygen atoms in total. The number of aryl methyl sites for hydroxylation is 1. The van der Waals surface area contributed by atoms with Gasteiger partial charge in [0.05, 0.1) is 17.5 Å². The number of carboxylic acids is 1. The molecular formula is C20H21FN2O6S. The molecule has 0 spiro atoms. The van der Waals surface area contributed by atoms with E-state index in [1.54, 1.807) is 6.07 Å². The summed E-state index contributed by atoms with van der Waals surface area (Å²) < 4.78 is 45.6. The minimum Gasteiger partial charge on any atom is -0.489 e. The van der Waals surface area contributed by atoms with E-state index < -0.39 is 40.5 Å². The van der Waals surface area contributed by atoms with Crippen LogP contribution in [0.3, 0.4) is 0 Å².